The summed E-state index contributed by atoms with van der Waals surface area (Å²) < 4.78 is 10.6. The Morgan fingerprint density at radius 1 is 1.18 bits per heavy atom. The van der Waals surface area contributed by atoms with Gasteiger partial charge in [0.15, 0.2) is 6.73 Å². The third-order valence-corrected chi connectivity index (χ3v) is 5.27. The lowest BCUT2D eigenvalue weighted by atomic mass is 9.83. The fourth-order valence-electron chi connectivity index (χ4n) is 3.46. The van der Waals surface area contributed by atoms with Crippen molar-refractivity contribution in [3.8, 4) is 5.75 Å². The number of methoxy groups -OCH3 is 1. The summed E-state index contributed by atoms with van der Waals surface area (Å²) in [7, 11) is 7.28. The lowest BCUT2D eigenvalue weighted by Gasteiger charge is -2.21. The second kappa shape index (κ2) is 7.70. The molecule has 1 heterocycles. The minimum absolute atomic E-state index is 0.0172. The zero-order valence-corrected chi connectivity index (χ0v) is 16.7. The molecule has 0 N–H and O–H groups in total. The highest BCUT2D eigenvalue weighted by molar-refractivity contribution is 6.32. The lowest BCUT2D eigenvalue weighted by molar-refractivity contribution is -0.141. The monoisotopic (exact) mass is 377 g/mol. The Hall–Kier alpha value is -2.76. The third kappa shape index (κ3) is 3.77. The summed E-state index contributed by atoms with van der Waals surface area (Å²) >= 11 is 0. The van der Waals surface area contributed by atoms with Gasteiger partial charge in [0.25, 0.3) is 0 Å². The van der Waals surface area contributed by atoms with Crippen molar-refractivity contribution in [3.63, 3.8) is 0 Å². The van der Waals surface area contributed by atoms with Gasteiger partial charge in [-0.25, -0.2) is 0 Å². The molecule has 5 nitrogen and oxygen atoms in total. The first-order chi connectivity index (χ1) is 13.2. The van der Waals surface area contributed by atoms with Crippen molar-refractivity contribution >= 4 is 30.9 Å². The molecule has 144 valence electrons. The Labute approximate surface area is 167 Å². The second-order valence-electron chi connectivity index (χ2n) is 7.66. The first kappa shape index (κ1) is 20.0. The van der Waals surface area contributed by atoms with Gasteiger partial charge in [0, 0.05) is 0 Å². The number of nitrogens with zero attached hydrogens (tertiary/aromatic N) is 1. The molecule has 0 aliphatic carbocycles. The van der Waals surface area contributed by atoms with E-state index in [4.69, 9.17) is 17.3 Å². The molecule has 1 unspecified atom stereocenters. The Bertz CT molecular complexity index is 892. The Morgan fingerprint density at radius 3 is 2.50 bits per heavy atom. The summed E-state index contributed by atoms with van der Waals surface area (Å²) in [5.41, 5.74) is 2.76. The quantitative estimate of drug-likeness (QED) is 0.574. The van der Waals surface area contributed by atoms with Crippen LogP contribution in [0, 0.1) is 0 Å². The van der Waals surface area contributed by atoms with E-state index in [-0.39, 0.29) is 24.5 Å². The van der Waals surface area contributed by atoms with Crippen LogP contribution in [0.25, 0.3) is 0 Å². The molecule has 1 amide bonds. The highest BCUT2D eigenvalue weighted by atomic mass is 16.5. The number of ether oxygens (including phenoxy) is 2. The zero-order valence-electron chi connectivity index (χ0n) is 16.7. The molecular formula is C22H24BNO4. The summed E-state index contributed by atoms with van der Waals surface area (Å²) in [6, 6.07) is 13.0. The van der Waals surface area contributed by atoms with Gasteiger partial charge in [0.2, 0.25) is 5.91 Å². The molecule has 0 spiro atoms. The average Bonchev–Trinajstić information content (AvgIpc) is 2.86. The molecule has 1 aliphatic rings. The molecule has 0 aromatic heterocycles. The highest BCUT2D eigenvalue weighted by Crippen LogP contribution is 2.40. The van der Waals surface area contributed by atoms with Gasteiger partial charge < -0.3 is 9.47 Å². The van der Waals surface area contributed by atoms with E-state index in [1.165, 1.54) is 7.11 Å². The molecule has 2 aromatic rings. The van der Waals surface area contributed by atoms with Crippen LogP contribution in [0.3, 0.4) is 0 Å². The van der Waals surface area contributed by atoms with Crippen LogP contribution < -0.4 is 15.1 Å². The maximum atomic E-state index is 12.9. The Balaban J connectivity index is 1.69. The van der Waals surface area contributed by atoms with Crippen LogP contribution in [0.1, 0.15) is 44.2 Å². The molecule has 0 bridgehead atoms. The summed E-state index contributed by atoms with van der Waals surface area (Å²) in [4.78, 5) is 25.9. The van der Waals surface area contributed by atoms with E-state index in [1.54, 1.807) is 11.0 Å². The van der Waals surface area contributed by atoms with Gasteiger partial charge in [0.1, 0.15) is 13.6 Å². The van der Waals surface area contributed by atoms with Crippen LogP contribution in [0.5, 0.6) is 5.75 Å². The number of hydrogen-bond donors (Lipinski definition) is 0. The maximum absolute atomic E-state index is 12.9. The number of esters is 1. The van der Waals surface area contributed by atoms with Gasteiger partial charge in [-0.3, -0.25) is 14.5 Å². The molecule has 1 atom stereocenters. The number of fused-ring (bicyclic) bond motifs is 1. The van der Waals surface area contributed by atoms with Crippen LogP contribution in [0.4, 0.5) is 5.69 Å². The fourth-order valence-corrected chi connectivity index (χ4v) is 3.46. The van der Waals surface area contributed by atoms with Crippen molar-refractivity contribution in [2.75, 3.05) is 18.7 Å². The van der Waals surface area contributed by atoms with Gasteiger partial charge in [-0.15, -0.1) is 0 Å². The van der Waals surface area contributed by atoms with Crippen LogP contribution in [0.2, 0.25) is 0 Å². The number of amides is 1. The van der Waals surface area contributed by atoms with E-state index < -0.39 is 5.41 Å². The second-order valence-corrected chi connectivity index (χ2v) is 7.66. The van der Waals surface area contributed by atoms with Gasteiger partial charge in [-0.1, -0.05) is 36.7 Å². The molecule has 0 saturated heterocycles. The number of carbonyl (C=O) groups excluding carboxylic acids is 2. The number of benzene rings is 2. The largest absolute Gasteiger partial charge is 0.473 e. The summed E-state index contributed by atoms with van der Waals surface area (Å²) in [6.45, 7) is 5.88. The molecule has 3 rings (SSSR count). The van der Waals surface area contributed by atoms with Gasteiger partial charge in [0.05, 0.1) is 24.6 Å². The van der Waals surface area contributed by atoms with Crippen molar-refractivity contribution in [1.82, 2.24) is 0 Å². The van der Waals surface area contributed by atoms with Crippen LogP contribution in [-0.4, -0.2) is 33.6 Å². The molecule has 28 heavy (non-hydrogen) atoms. The first-order valence-electron chi connectivity index (χ1n) is 9.25. The molecule has 1 aliphatic heterocycles. The van der Waals surface area contributed by atoms with Crippen LogP contribution in [-0.2, 0) is 19.7 Å². The molecule has 2 radical (unpaired) electrons. The number of anilines is 1. The molecule has 0 saturated carbocycles. The predicted molar refractivity (Wildman–Crippen MR) is 109 cm³/mol. The van der Waals surface area contributed by atoms with Crippen LogP contribution >= 0.6 is 0 Å². The van der Waals surface area contributed by atoms with E-state index in [0.717, 1.165) is 16.8 Å². The third-order valence-electron chi connectivity index (χ3n) is 5.27. The SMILES string of the molecule is [B]c1ccc2c(c1)C(C)(C)C(=O)N2COc1ccc(C(C)CC(=O)OC)cc1. The van der Waals surface area contributed by atoms with E-state index in [1.807, 2.05) is 57.2 Å². The van der Waals surface area contributed by atoms with Crippen molar-refractivity contribution in [1.29, 1.82) is 0 Å². The van der Waals surface area contributed by atoms with E-state index in [2.05, 4.69) is 0 Å². The topological polar surface area (TPSA) is 55.8 Å². The van der Waals surface area contributed by atoms with E-state index in [9.17, 15) is 9.59 Å². The van der Waals surface area contributed by atoms with Crippen LogP contribution in [0.15, 0.2) is 42.5 Å². The number of hydrogen-bond acceptors (Lipinski definition) is 4. The minimum atomic E-state index is -0.638. The summed E-state index contributed by atoms with van der Waals surface area (Å²) in [6.07, 6.45) is 0.327. The van der Waals surface area contributed by atoms with Crippen molar-refractivity contribution in [3.05, 3.63) is 53.6 Å². The zero-order chi connectivity index (χ0) is 20.5. The maximum Gasteiger partial charge on any atom is 0.306 e. The molecule has 2 aromatic carbocycles. The summed E-state index contributed by atoms with van der Waals surface area (Å²) in [5, 5.41) is 0. The molecular weight excluding hydrogens is 353 g/mol. The Kier molecular flexibility index (Phi) is 5.50. The number of rotatable bonds is 6. The van der Waals surface area contributed by atoms with Crippen molar-refractivity contribution in [2.45, 2.75) is 38.5 Å². The predicted octanol–water partition coefficient (Wildman–Crippen LogP) is 2.81. The first-order valence-corrected chi connectivity index (χ1v) is 9.25. The Morgan fingerprint density at radius 2 is 1.86 bits per heavy atom. The smallest absolute Gasteiger partial charge is 0.306 e. The minimum Gasteiger partial charge on any atom is -0.473 e. The lowest BCUT2D eigenvalue weighted by Crippen LogP contribution is -2.38. The van der Waals surface area contributed by atoms with Gasteiger partial charge in [-0.2, -0.15) is 0 Å². The molecule has 0 fully saturated rings. The van der Waals surface area contributed by atoms with Crippen molar-refractivity contribution < 1.29 is 19.1 Å². The fraction of sp³-hybridized carbons (Fsp3) is 0.364. The van der Waals surface area contributed by atoms with Crippen molar-refractivity contribution in [2.24, 2.45) is 0 Å². The number of carbonyl (C=O) groups is 2. The summed E-state index contributed by atoms with van der Waals surface area (Å²) in [5.74, 6) is 0.460. The van der Waals surface area contributed by atoms with Gasteiger partial charge >= 0.3 is 5.97 Å². The van der Waals surface area contributed by atoms with Gasteiger partial charge in [-0.05, 0) is 49.1 Å². The molecule has 6 heteroatoms. The standard InChI is InChI=1S/C22H24BNO4/c1-14(11-20(25)27-4)15-5-8-17(9-6-15)28-13-24-19-10-7-16(23)12-18(19)22(2,3)21(24)26/h5-10,12,14H,11,13H2,1-4H3. The van der Waals surface area contributed by atoms with E-state index in [0.29, 0.717) is 17.6 Å². The van der Waals surface area contributed by atoms with E-state index >= 15 is 0 Å². The highest BCUT2D eigenvalue weighted by Gasteiger charge is 2.43. The average molecular weight is 377 g/mol. The normalized spacial score (nSPS) is 15.9.